The number of pyridine rings is 1. The largest absolute Gasteiger partial charge is 0.466 e. The van der Waals surface area contributed by atoms with Gasteiger partial charge in [0.2, 0.25) is 0 Å². The minimum absolute atomic E-state index is 0.0622. The summed E-state index contributed by atoms with van der Waals surface area (Å²) >= 11 is 1.57. The second kappa shape index (κ2) is 8.98. The second-order valence-electron chi connectivity index (χ2n) is 8.49. The van der Waals surface area contributed by atoms with Crippen molar-refractivity contribution in [2.24, 2.45) is 5.92 Å². The van der Waals surface area contributed by atoms with Crippen molar-refractivity contribution in [3.8, 4) is 21.7 Å². The van der Waals surface area contributed by atoms with Crippen molar-refractivity contribution < 1.29 is 14.3 Å². The molecule has 0 spiro atoms. The van der Waals surface area contributed by atoms with E-state index >= 15 is 0 Å². The Bertz CT molecular complexity index is 1250. The Morgan fingerprint density at radius 2 is 1.85 bits per heavy atom. The van der Waals surface area contributed by atoms with E-state index in [2.05, 4.69) is 6.07 Å². The van der Waals surface area contributed by atoms with Crippen molar-refractivity contribution in [3.05, 3.63) is 69.3 Å². The monoisotopic (exact) mass is 462 g/mol. The number of benzene rings is 1. The molecule has 1 amide bonds. The van der Waals surface area contributed by atoms with Crippen LogP contribution in [0.3, 0.4) is 0 Å². The van der Waals surface area contributed by atoms with Crippen LogP contribution in [0.5, 0.6) is 0 Å². The van der Waals surface area contributed by atoms with Crippen molar-refractivity contribution in [1.29, 1.82) is 0 Å². The zero-order valence-electron chi connectivity index (χ0n) is 18.6. The number of thiophene rings is 1. The molecule has 1 aromatic carbocycles. The molecule has 0 radical (unpaired) electrons. The number of hydrogen-bond acceptors (Lipinski definition) is 5. The van der Waals surface area contributed by atoms with Crippen molar-refractivity contribution in [1.82, 2.24) is 9.47 Å². The number of amides is 1. The van der Waals surface area contributed by atoms with Gasteiger partial charge in [-0.15, -0.1) is 11.3 Å². The van der Waals surface area contributed by atoms with Gasteiger partial charge in [0.25, 0.3) is 11.5 Å². The minimum atomic E-state index is -0.178. The van der Waals surface area contributed by atoms with Crippen LogP contribution >= 0.6 is 11.3 Å². The van der Waals surface area contributed by atoms with Crippen LogP contribution in [0.1, 0.15) is 35.7 Å². The molecule has 170 valence electrons. The maximum absolute atomic E-state index is 13.8. The average Bonchev–Trinajstić information content (AvgIpc) is 3.34. The molecule has 33 heavy (non-hydrogen) atoms. The van der Waals surface area contributed by atoms with E-state index in [0.29, 0.717) is 50.2 Å². The third-order valence-electron chi connectivity index (χ3n) is 6.57. The molecule has 2 aliphatic heterocycles. The summed E-state index contributed by atoms with van der Waals surface area (Å²) in [6.45, 7) is 3.73. The number of likely N-dealkylation sites (tertiary alicyclic amines) is 1. The lowest BCUT2D eigenvalue weighted by Crippen LogP contribution is -2.41. The first kappa shape index (κ1) is 21.6. The van der Waals surface area contributed by atoms with Crippen LogP contribution in [0.2, 0.25) is 0 Å². The predicted octanol–water partition coefficient (Wildman–Crippen LogP) is 4.22. The van der Waals surface area contributed by atoms with E-state index in [1.807, 2.05) is 40.6 Å². The number of carbonyl (C=O) groups excluding carboxylic acids is 2. The van der Waals surface area contributed by atoms with Gasteiger partial charge < -0.3 is 14.2 Å². The van der Waals surface area contributed by atoms with Gasteiger partial charge in [0.1, 0.15) is 0 Å². The third kappa shape index (κ3) is 3.91. The van der Waals surface area contributed by atoms with Crippen LogP contribution in [0.4, 0.5) is 0 Å². The summed E-state index contributed by atoms with van der Waals surface area (Å²) in [4.78, 5) is 42.2. The number of aromatic nitrogens is 1. The summed E-state index contributed by atoms with van der Waals surface area (Å²) in [5, 5.41) is 2.02. The van der Waals surface area contributed by atoms with Gasteiger partial charge in [-0.1, -0.05) is 30.3 Å². The standard InChI is InChI=1S/C26H26N2O4S/c1-2-32-26(31)19-8-12-27(13-9-19)24(29)21-16-20(17-6-4-3-5-7-17)25(30)28-14-10-18-11-15-33-23(18)22(21)28/h3-7,11,15-16,19H,2,8-10,12-14H2,1H3. The molecule has 7 heteroatoms. The molecular formula is C26H26N2O4S. The fraction of sp³-hybridized carbons (Fsp3) is 0.346. The van der Waals surface area contributed by atoms with Gasteiger partial charge in [-0.3, -0.25) is 14.4 Å². The van der Waals surface area contributed by atoms with Crippen molar-refractivity contribution in [2.45, 2.75) is 32.7 Å². The Kier molecular flexibility index (Phi) is 5.89. The number of aryl methyl sites for hydroxylation is 1. The summed E-state index contributed by atoms with van der Waals surface area (Å²) in [7, 11) is 0. The van der Waals surface area contributed by atoms with E-state index in [1.54, 1.807) is 28.9 Å². The molecule has 2 aromatic heterocycles. The fourth-order valence-electron chi connectivity index (χ4n) is 4.83. The highest BCUT2D eigenvalue weighted by atomic mass is 32.1. The van der Waals surface area contributed by atoms with Crippen molar-refractivity contribution >= 4 is 23.2 Å². The van der Waals surface area contributed by atoms with E-state index < -0.39 is 0 Å². The van der Waals surface area contributed by atoms with Crippen molar-refractivity contribution in [3.63, 3.8) is 0 Å². The van der Waals surface area contributed by atoms with E-state index in [1.165, 1.54) is 5.56 Å². The molecule has 0 bridgehead atoms. The number of hydrogen-bond donors (Lipinski definition) is 0. The molecule has 0 unspecified atom stereocenters. The molecular weight excluding hydrogens is 436 g/mol. The fourth-order valence-corrected chi connectivity index (χ4v) is 5.86. The van der Waals surface area contributed by atoms with E-state index in [4.69, 9.17) is 4.74 Å². The van der Waals surface area contributed by atoms with Crippen LogP contribution in [0, 0.1) is 5.92 Å². The minimum Gasteiger partial charge on any atom is -0.466 e. The predicted molar refractivity (Wildman–Crippen MR) is 128 cm³/mol. The third-order valence-corrected chi connectivity index (χ3v) is 7.54. The first-order valence-electron chi connectivity index (χ1n) is 11.4. The Morgan fingerprint density at radius 3 is 2.58 bits per heavy atom. The SMILES string of the molecule is CCOC(=O)C1CCN(C(=O)c2cc(-c3ccccc3)c(=O)n3c2-c2sccc2CC3)CC1. The summed E-state index contributed by atoms with van der Waals surface area (Å²) in [5.74, 6) is -0.424. The molecule has 5 rings (SSSR count). The average molecular weight is 463 g/mol. The lowest BCUT2D eigenvalue weighted by atomic mass is 9.94. The molecule has 1 fully saturated rings. The Hall–Kier alpha value is -3.19. The Morgan fingerprint density at radius 1 is 1.09 bits per heavy atom. The first-order chi connectivity index (χ1) is 16.1. The van der Waals surface area contributed by atoms with Crippen LogP contribution in [0.25, 0.3) is 21.7 Å². The zero-order chi connectivity index (χ0) is 22.9. The Labute approximate surface area is 196 Å². The quantitative estimate of drug-likeness (QED) is 0.545. The molecule has 0 aliphatic carbocycles. The lowest BCUT2D eigenvalue weighted by Gasteiger charge is -2.32. The molecule has 1 saturated heterocycles. The molecule has 0 N–H and O–H groups in total. The number of piperidine rings is 1. The molecule has 3 aromatic rings. The van der Waals surface area contributed by atoms with Gasteiger partial charge in [-0.05, 0) is 54.8 Å². The smallest absolute Gasteiger partial charge is 0.309 e. The summed E-state index contributed by atoms with van der Waals surface area (Å²) in [6, 6.07) is 13.4. The summed E-state index contributed by atoms with van der Waals surface area (Å²) in [5.41, 5.74) is 3.77. The number of esters is 1. The van der Waals surface area contributed by atoms with Crippen LogP contribution in [-0.4, -0.2) is 41.0 Å². The molecule has 4 heterocycles. The van der Waals surface area contributed by atoms with Crippen LogP contribution in [-0.2, 0) is 22.5 Å². The highest BCUT2D eigenvalue weighted by Crippen LogP contribution is 2.37. The molecule has 0 atom stereocenters. The van der Waals surface area contributed by atoms with Crippen LogP contribution in [0.15, 0.2) is 52.6 Å². The van der Waals surface area contributed by atoms with Gasteiger partial charge in [-0.2, -0.15) is 0 Å². The topological polar surface area (TPSA) is 68.6 Å². The number of rotatable bonds is 4. The van der Waals surface area contributed by atoms with E-state index in [9.17, 15) is 14.4 Å². The van der Waals surface area contributed by atoms with E-state index in [-0.39, 0.29) is 23.4 Å². The van der Waals surface area contributed by atoms with Gasteiger partial charge in [0, 0.05) is 25.2 Å². The number of fused-ring (bicyclic) bond motifs is 3. The summed E-state index contributed by atoms with van der Waals surface area (Å²) in [6.07, 6.45) is 1.97. The maximum atomic E-state index is 13.8. The molecule has 0 saturated carbocycles. The van der Waals surface area contributed by atoms with E-state index in [0.717, 1.165) is 22.6 Å². The Balaban J connectivity index is 1.55. The highest BCUT2D eigenvalue weighted by Gasteiger charge is 2.32. The van der Waals surface area contributed by atoms with Gasteiger partial charge in [-0.25, -0.2) is 0 Å². The highest BCUT2D eigenvalue weighted by molar-refractivity contribution is 7.13. The van der Waals surface area contributed by atoms with Gasteiger partial charge in [0.15, 0.2) is 0 Å². The lowest BCUT2D eigenvalue weighted by molar-refractivity contribution is -0.149. The molecule has 6 nitrogen and oxygen atoms in total. The second-order valence-corrected chi connectivity index (χ2v) is 9.40. The molecule has 2 aliphatic rings. The van der Waals surface area contributed by atoms with Crippen LogP contribution < -0.4 is 5.56 Å². The number of carbonyl (C=O) groups is 2. The van der Waals surface area contributed by atoms with Crippen molar-refractivity contribution in [2.75, 3.05) is 19.7 Å². The summed E-state index contributed by atoms with van der Waals surface area (Å²) < 4.78 is 6.94. The number of nitrogens with zero attached hydrogens (tertiary/aromatic N) is 2. The van der Waals surface area contributed by atoms with Gasteiger partial charge in [0.05, 0.1) is 28.7 Å². The zero-order valence-corrected chi connectivity index (χ0v) is 19.4. The number of ether oxygens (including phenoxy) is 1. The maximum Gasteiger partial charge on any atom is 0.309 e. The van der Waals surface area contributed by atoms with Gasteiger partial charge >= 0.3 is 5.97 Å². The normalized spacial score (nSPS) is 15.6. The first-order valence-corrected chi connectivity index (χ1v) is 12.3.